The monoisotopic (exact) mass is 1730 g/mol. The van der Waals surface area contributed by atoms with Crippen molar-refractivity contribution >= 4 is 163 Å². The van der Waals surface area contributed by atoms with Gasteiger partial charge in [0.05, 0.1) is 79.8 Å². The molecule has 0 radical (unpaired) electrons. The van der Waals surface area contributed by atoms with Crippen molar-refractivity contribution in [3.63, 3.8) is 0 Å². The Morgan fingerprint density at radius 3 is 1.10 bits per heavy atom. The highest BCUT2D eigenvalue weighted by molar-refractivity contribution is 6.36. The van der Waals surface area contributed by atoms with Crippen LogP contribution in [-0.4, -0.2) is 98.0 Å². The number of aromatic amines is 4. The fourth-order valence-electron chi connectivity index (χ4n) is 15.0. The maximum absolute atomic E-state index is 13.9. The first-order valence-electron chi connectivity index (χ1n) is 38.6. The zero-order valence-corrected chi connectivity index (χ0v) is 69.1. The fourth-order valence-corrected chi connectivity index (χ4v) is 16.0. The molecule has 35 heteroatoms. The number of rotatable bonds is 16. The summed E-state index contributed by atoms with van der Waals surface area (Å²) in [6.07, 6.45) is 4.18. The largest absolute Gasteiger partial charge is 0.368 e. The lowest BCUT2D eigenvalue weighted by molar-refractivity contribution is 0.544. The Morgan fingerprint density at radius 1 is 0.355 bits per heavy atom. The molecule has 0 unspecified atom stereocenters. The zero-order valence-electron chi connectivity index (χ0n) is 66.0. The van der Waals surface area contributed by atoms with E-state index in [0.29, 0.717) is 116 Å². The van der Waals surface area contributed by atoms with Gasteiger partial charge >= 0.3 is 6.08 Å². The van der Waals surface area contributed by atoms with Crippen molar-refractivity contribution < 1.29 is 8.78 Å². The van der Waals surface area contributed by atoms with Crippen LogP contribution in [0.15, 0.2) is 263 Å². The Hall–Kier alpha value is -15.2. The number of aryl methyl sites for hydroxylation is 1. The summed E-state index contributed by atoms with van der Waals surface area (Å²) in [5, 5.41) is 19.6. The van der Waals surface area contributed by atoms with Crippen LogP contribution in [0, 0.1) is 19.1 Å². The molecule has 616 valence electrons. The number of aromatic nitrogens is 20. The van der Waals surface area contributed by atoms with Crippen molar-refractivity contribution in [3.8, 4) is 22.7 Å². The molecular formula is C89H69Cl4F2N25O4. The number of pyridine rings is 4. The minimum atomic E-state index is -0.889. The molecule has 0 saturated heterocycles. The van der Waals surface area contributed by atoms with Crippen LogP contribution in [-0.2, 0) is 0 Å². The van der Waals surface area contributed by atoms with Crippen molar-refractivity contribution in [1.82, 2.24) is 98.0 Å². The minimum absolute atomic E-state index is 0.0562. The smallest absolute Gasteiger partial charge is 0.312 e. The van der Waals surface area contributed by atoms with E-state index < -0.39 is 18.2 Å². The summed E-state index contributed by atoms with van der Waals surface area (Å²) in [4.78, 5) is 114. The molecule has 0 bridgehead atoms. The Kier molecular flexibility index (Phi) is 22.6. The molecule has 8 aromatic carbocycles. The highest BCUT2D eigenvalue weighted by Crippen LogP contribution is 2.35. The third kappa shape index (κ3) is 16.1. The molecule has 0 saturated carbocycles. The van der Waals surface area contributed by atoms with Crippen molar-refractivity contribution in [2.45, 2.75) is 58.8 Å². The molecule has 4 atom stereocenters. The number of nitrogens with two attached hydrogens (primary N) is 1. The SMILES string of the molecule is C[C@H](Nc1nc(Cl)nc2nc[nH]c12)c1cc2cccc(Cl)c2c(=O)n1-c1ccccc1.C[C@H](Nc1nc(F)nc2nc[nH]c12)c1cc2cccc(Cl)c2c(=O)n1-c1ccccc1.C[C@H](Nc1ncnc2nc(F)[nH]c12)c1cc2cccc(Cl)c2c(=O)n1-c1ccccc1.Cc1cccc2cc([C@H](C)Nc3nc(N)nc4nc[nH]c34)n(-c3ccccc3)c(=O)c12. The van der Waals surface area contributed by atoms with E-state index in [-0.39, 0.29) is 68.7 Å². The number of nitrogens with one attached hydrogen (secondary N) is 8. The molecule has 29 nitrogen and oxygen atoms in total. The molecule has 0 aliphatic carbocycles. The normalized spacial score (nSPS) is 12.3. The summed E-state index contributed by atoms with van der Waals surface area (Å²) in [6, 6.07) is 66.1. The maximum Gasteiger partial charge on any atom is 0.312 e. The van der Waals surface area contributed by atoms with Gasteiger partial charge in [-0.3, -0.25) is 37.4 Å². The summed E-state index contributed by atoms with van der Waals surface area (Å²) in [5.41, 5.74) is 15.4. The van der Waals surface area contributed by atoms with Crippen LogP contribution < -0.4 is 49.2 Å². The van der Waals surface area contributed by atoms with E-state index in [0.717, 1.165) is 44.5 Å². The average Bonchev–Trinajstić information content (AvgIpc) is 1.59. The summed E-state index contributed by atoms with van der Waals surface area (Å²) in [7, 11) is 0. The summed E-state index contributed by atoms with van der Waals surface area (Å²) in [6.45, 7) is 9.65. The lowest BCUT2D eigenvalue weighted by Gasteiger charge is -2.22. The summed E-state index contributed by atoms with van der Waals surface area (Å²) < 4.78 is 34.1. The number of nitrogen functional groups attached to an aromatic ring is 1. The van der Waals surface area contributed by atoms with Gasteiger partial charge in [-0.2, -0.15) is 43.7 Å². The Labute approximate surface area is 720 Å². The highest BCUT2D eigenvalue weighted by Gasteiger charge is 2.26. The second kappa shape index (κ2) is 34.5. The van der Waals surface area contributed by atoms with E-state index in [1.165, 1.54) is 19.0 Å². The van der Waals surface area contributed by atoms with Gasteiger partial charge in [0, 0.05) is 45.5 Å². The Morgan fingerprint density at radius 2 is 0.694 bits per heavy atom. The molecule has 0 aliphatic heterocycles. The Balaban J connectivity index is 0.000000117. The van der Waals surface area contributed by atoms with E-state index in [2.05, 4.69) is 101 Å². The van der Waals surface area contributed by atoms with Gasteiger partial charge < -0.3 is 46.9 Å². The van der Waals surface area contributed by atoms with Gasteiger partial charge in [0.15, 0.2) is 45.9 Å². The predicted octanol–water partition coefficient (Wildman–Crippen LogP) is 18.1. The number of hydrogen-bond donors (Lipinski definition) is 9. The number of benzene rings is 8. The maximum atomic E-state index is 13.9. The number of imidazole rings is 4. The van der Waals surface area contributed by atoms with Gasteiger partial charge in [-0.05, 0) is 164 Å². The van der Waals surface area contributed by atoms with Gasteiger partial charge in [-0.15, -0.1) is 0 Å². The first kappa shape index (κ1) is 81.2. The number of halogens is 6. The highest BCUT2D eigenvalue weighted by atomic mass is 35.5. The molecule has 124 heavy (non-hydrogen) atoms. The molecule has 0 spiro atoms. The predicted molar refractivity (Wildman–Crippen MR) is 482 cm³/mol. The van der Waals surface area contributed by atoms with Crippen LogP contribution in [0.4, 0.5) is 38.0 Å². The van der Waals surface area contributed by atoms with E-state index in [1.54, 1.807) is 54.9 Å². The van der Waals surface area contributed by atoms with Crippen molar-refractivity contribution in [2.75, 3.05) is 27.0 Å². The number of nitrogens with zero attached hydrogens (tertiary/aromatic N) is 16. The summed E-state index contributed by atoms with van der Waals surface area (Å²) in [5.74, 6) is 1.80. The van der Waals surface area contributed by atoms with Gasteiger partial charge in [0.25, 0.3) is 28.3 Å². The van der Waals surface area contributed by atoms with Gasteiger partial charge in [0.1, 0.15) is 28.4 Å². The lowest BCUT2D eigenvalue weighted by atomic mass is 10.0. The molecule has 12 aromatic heterocycles. The Bertz CT molecular complexity index is 7190. The van der Waals surface area contributed by atoms with Crippen molar-refractivity contribution in [2.24, 2.45) is 0 Å². The van der Waals surface area contributed by atoms with Crippen LogP contribution in [0.25, 0.3) is 110 Å². The molecule has 0 amide bonds. The lowest BCUT2D eigenvalue weighted by Crippen LogP contribution is -2.26. The fraction of sp³-hybridized carbons (Fsp3) is 0.101. The molecule has 20 aromatic rings. The third-order valence-electron chi connectivity index (χ3n) is 20.7. The molecule has 10 N–H and O–H groups in total. The van der Waals surface area contributed by atoms with Crippen LogP contribution >= 0.6 is 46.4 Å². The number of fused-ring (bicyclic) bond motifs is 8. The van der Waals surface area contributed by atoms with E-state index in [4.69, 9.17) is 52.1 Å². The van der Waals surface area contributed by atoms with Crippen molar-refractivity contribution in [1.29, 1.82) is 0 Å². The molecular weight excluding hydrogens is 1660 g/mol. The second-order valence-corrected chi connectivity index (χ2v) is 30.2. The summed E-state index contributed by atoms with van der Waals surface area (Å²) >= 11 is 25.2. The standard InChI is InChI=1S/C23H21N7O.C22H16Cl2N6O.2C22H16ClFN6O/c1-13-7-6-8-15-11-17(30(22(31)18(13)15)16-9-4-3-5-10-16)14(2)27-21-19-20(26-12-25-19)28-23(24)29-21;1-12(27-20-18-19(26-11-25-18)28-22(24)29-20)16-10-13-6-5-9-15(23)17(13)21(31)30(16)14-7-3-2-4-8-14;1-12(27-19-18-20(26-11-25-19)29-22(24)28-18)16-10-13-6-5-9-15(23)17(13)21(31)30(16)14-7-3-2-4-8-14;1-12(27-20-18-19(26-11-25-18)28-22(24)29-20)16-10-13-6-5-9-15(23)17(13)21(31)30(16)14-7-3-2-4-8-14/h3-12,14H,1-2H3,(H4,24,25,26,27,28,29);3*2-12H,1H3,(H2,25,26,27,28,29)/t14-;3*12-/m0000/s1. The van der Waals surface area contributed by atoms with Gasteiger partial charge in [0.2, 0.25) is 11.2 Å². The van der Waals surface area contributed by atoms with Crippen LogP contribution in [0.2, 0.25) is 20.4 Å². The van der Waals surface area contributed by atoms with Crippen LogP contribution in [0.1, 0.15) is 80.2 Å². The number of para-hydroxylation sites is 4. The number of H-pyrrole nitrogens is 4. The van der Waals surface area contributed by atoms with E-state index in [9.17, 15) is 28.0 Å². The molecule has 20 rings (SSSR count). The first-order valence-corrected chi connectivity index (χ1v) is 40.1. The second-order valence-electron chi connectivity index (χ2n) is 28.7. The van der Waals surface area contributed by atoms with Crippen LogP contribution in [0.3, 0.4) is 0 Å². The number of hydrogen-bond acceptors (Lipinski definition) is 21. The molecule has 12 heterocycles. The zero-order chi connectivity index (χ0) is 86.1. The molecule has 0 aliphatic rings. The minimum Gasteiger partial charge on any atom is -0.368 e. The molecule has 0 fully saturated rings. The first-order chi connectivity index (χ1) is 60.1. The third-order valence-corrected chi connectivity index (χ3v) is 21.8. The van der Waals surface area contributed by atoms with E-state index in [1.807, 2.05) is 223 Å². The quantitative estimate of drug-likeness (QED) is 0.0320. The van der Waals surface area contributed by atoms with Crippen LogP contribution in [0.5, 0.6) is 0 Å². The topological polar surface area (TPSA) is 380 Å². The van der Waals surface area contributed by atoms with Gasteiger partial charge in [-0.25, -0.2) is 24.9 Å². The van der Waals surface area contributed by atoms with E-state index >= 15 is 0 Å². The average molecular weight is 1730 g/mol. The number of anilines is 5. The van der Waals surface area contributed by atoms with Crippen molar-refractivity contribution in [3.05, 3.63) is 346 Å². The van der Waals surface area contributed by atoms with Gasteiger partial charge in [-0.1, -0.05) is 162 Å².